The number of H-pyrrole nitrogens is 1. The van der Waals surface area contributed by atoms with Crippen LogP contribution in [0.25, 0.3) is 11.3 Å². The molecule has 0 spiro atoms. The summed E-state index contributed by atoms with van der Waals surface area (Å²) in [6.45, 7) is 6.75. The largest absolute Gasteiger partial charge is 0.349 e. The summed E-state index contributed by atoms with van der Waals surface area (Å²) in [5.41, 5.74) is 1.90. The highest BCUT2D eigenvalue weighted by molar-refractivity contribution is 5.99. The number of nitrogens with zero attached hydrogens (tertiary/aromatic N) is 1. The van der Waals surface area contributed by atoms with E-state index in [4.69, 9.17) is 0 Å². The first-order valence-electron chi connectivity index (χ1n) is 8.45. The second-order valence-corrected chi connectivity index (χ2v) is 7.72. The fraction of sp³-hybridized carbons (Fsp3) is 0.474. The Morgan fingerprint density at radius 3 is 2.79 bits per heavy atom. The number of aromatic nitrogens is 2. The Morgan fingerprint density at radius 1 is 1.33 bits per heavy atom. The van der Waals surface area contributed by atoms with Crippen molar-refractivity contribution in [2.45, 2.75) is 46.1 Å². The van der Waals surface area contributed by atoms with Crippen LogP contribution in [0.3, 0.4) is 0 Å². The third-order valence-electron chi connectivity index (χ3n) is 4.99. The van der Waals surface area contributed by atoms with Crippen molar-refractivity contribution in [2.75, 3.05) is 0 Å². The van der Waals surface area contributed by atoms with Gasteiger partial charge in [-0.15, -0.1) is 0 Å². The molecule has 1 amide bonds. The maximum atomic E-state index is 13.4. The fourth-order valence-electron chi connectivity index (χ4n) is 3.48. The van der Waals surface area contributed by atoms with Crippen LogP contribution in [0.15, 0.2) is 30.5 Å². The number of halogens is 1. The number of hydrogen-bond acceptors (Lipinski definition) is 2. The zero-order valence-electron chi connectivity index (χ0n) is 14.4. The van der Waals surface area contributed by atoms with E-state index in [2.05, 4.69) is 36.3 Å². The van der Waals surface area contributed by atoms with Gasteiger partial charge in [-0.1, -0.05) is 32.9 Å². The van der Waals surface area contributed by atoms with Crippen LogP contribution in [-0.4, -0.2) is 22.1 Å². The molecule has 0 bridgehead atoms. The van der Waals surface area contributed by atoms with Crippen molar-refractivity contribution in [3.8, 4) is 11.3 Å². The van der Waals surface area contributed by atoms with Gasteiger partial charge in [0.2, 0.25) is 0 Å². The summed E-state index contributed by atoms with van der Waals surface area (Å²) in [5, 5.41) is 9.90. The van der Waals surface area contributed by atoms with Gasteiger partial charge in [0.05, 0.1) is 17.5 Å². The highest BCUT2D eigenvalue weighted by Crippen LogP contribution is 2.39. The molecule has 2 atom stereocenters. The average molecular weight is 329 g/mol. The van der Waals surface area contributed by atoms with Crippen molar-refractivity contribution in [1.82, 2.24) is 15.5 Å². The molecular weight excluding hydrogens is 305 g/mol. The van der Waals surface area contributed by atoms with Crippen molar-refractivity contribution < 1.29 is 9.18 Å². The molecule has 1 aromatic heterocycles. The Hall–Kier alpha value is -2.17. The van der Waals surface area contributed by atoms with Gasteiger partial charge < -0.3 is 5.32 Å². The average Bonchev–Trinajstić information content (AvgIpc) is 3.15. The lowest BCUT2D eigenvalue weighted by Crippen LogP contribution is -2.33. The summed E-state index contributed by atoms with van der Waals surface area (Å²) >= 11 is 0. The summed E-state index contributed by atoms with van der Waals surface area (Å²) in [7, 11) is 0. The maximum Gasteiger partial charge on any atom is 0.255 e. The molecular formula is C19H24FN3O. The number of carbonyl (C=O) groups excluding carboxylic acids is 1. The van der Waals surface area contributed by atoms with E-state index in [1.54, 1.807) is 12.1 Å². The number of nitrogens with one attached hydrogen (secondary N) is 2. The molecule has 0 radical (unpaired) electrons. The Labute approximate surface area is 141 Å². The summed E-state index contributed by atoms with van der Waals surface area (Å²) in [6.07, 6.45) is 4.64. The molecule has 1 aliphatic carbocycles. The maximum absolute atomic E-state index is 13.4. The van der Waals surface area contributed by atoms with Gasteiger partial charge in [-0.25, -0.2) is 4.39 Å². The Balaban J connectivity index is 1.72. The van der Waals surface area contributed by atoms with E-state index in [-0.39, 0.29) is 23.2 Å². The summed E-state index contributed by atoms with van der Waals surface area (Å²) in [4.78, 5) is 12.6. The van der Waals surface area contributed by atoms with Gasteiger partial charge in [0, 0.05) is 11.6 Å². The smallest absolute Gasteiger partial charge is 0.255 e. The topological polar surface area (TPSA) is 57.8 Å². The van der Waals surface area contributed by atoms with E-state index in [1.807, 2.05) is 0 Å². The second kappa shape index (κ2) is 6.38. The van der Waals surface area contributed by atoms with Gasteiger partial charge in [-0.05, 0) is 42.7 Å². The van der Waals surface area contributed by atoms with Gasteiger partial charge in [0.1, 0.15) is 5.82 Å². The van der Waals surface area contributed by atoms with Crippen LogP contribution in [-0.2, 0) is 0 Å². The molecule has 1 aliphatic rings. The van der Waals surface area contributed by atoms with E-state index >= 15 is 0 Å². The number of rotatable bonds is 3. The predicted molar refractivity (Wildman–Crippen MR) is 92.0 cm³/mol. The first-order chi connectivity index (χ1) is 11.3. The van der Waals surface area contributed by atoms with Crippen LogP contribution in [0.2, 0.25) is 0 Å². The van der Waals surface area contributed by atoms with Gasteiger partial charge >= 0.3 is 0 Å². The first kappa shape index (κ1) is 16.7. The Bertz CT molecular complexity index is 732. The molecule has 5 heteroatoms. The standard InChI is InChI=1S/C19H24FN3O/c1-19(2,3)13-7-8-15(10-13)22-18(24)16-11-21-23-17(16)12-5-4-6-14(20)9-12/h4-6,9,11,13,15H,7-8,10H2,1-3H3,(H,21,23)(H,22,24). The molecule has 0 aliphatic heterocycles. The summed E-state index contributed by atoms with van der Waals surface area (Å²) in [6, 6.07) is 6.36. The van der Waals surface area contributed by atoms with Crippen LogP contribution in [0.1, 0.15) is 50.4 Å². The highest BCUT2D eigenvalue weighted by atomic mass is 19.1. The van der Waals surface area contributed by atoms with Crippen LogP contribution in [0.5, 0.6) is 0 Å². The summed E-state index contributed by atoms with van der Waals surface area (Å²) in [5.74, 6) is 0.134. The van der Waals surface area contributed by atoms with Crippen molar-refractivity contribution in [2.24, 2.45) is 11.3 Å². The monoisotopic (exact) mass is 329 g/mol. The number of amides is 1. The van der Waals surface area contributed by atoms with Crippen LogP contribution >= 0.6 is 0 Å². The Kier molecular flexibility index (Phi) is 4.43. The molecule has 0 saturated heterocycles. The first-order valence-corrected chi connectivity index (χ1v) is 8.45. The number of hydrogen-bond donors (Lipinski definition) is 2. The second-order valence-electron chi connectivity index (χ2n) is 7.72. The lowest BCUT2D eigenvalue weighted by molar-refractivity contribution is 0.0935. The third-order valence-corrected chi connectivity index (χ3v) is 4.99. The van der Waals surface area contributed by atoms with Crippen LogP contribution < -0.4 is 5.32 Å². The normalized spacial score (nSPS) is 21.0. The predicted octanol–water partition coefficient (Wildman–Crippen LogP) is 4.16. The van der Waals surface area contributed by atoms with E-state index in [0.717, 1.165) is 19.3 Å². The molecule has 1 saturated carbocycles. The zero-order valence-corrected chi connectivity index (χ0v) is 14.4. The van der Waals surface area contributed by atoms with Crippen molar-refractivity contribution in [3.05, 3.63) is 41.8 Å². The van der Waals surface area contributed by atoms with E-state index in [0.29, 0.717) is 22.7 Å². The molecule has 4 nitrogen and oxygen atoms in total. The molecule has 2 aromatic rings. The quantitative estimate of drug-likeness (QED) is 0.888. The van der Waals surface area contributed by atoms with Crippen molar-refractivity contribution in [3.63, 3.8) is 0 Å². The molecule has 2 N–H and O–H groups in total. The molecule has 1 heterocycles. The van der Waals surface area contributed by atoms with E-state index in [9.17, 15) is 9.18 Å². The van der Waals surface area contributed by atoms with Crippen molar-refractivity contribution in [1.29, 1.82) is 0 Å². The highest BCUT2D eigenvalue weighted by Gasteiger charge is 2.34. The molecule has 3 rings (SSSR count). The molecule has 128 valence electrons. The lowest BCUT2D eigenvalue weighted by Gasteiger charge is -2.27. The van der Waals surface area contributed by atoms with E-state index < -0.39 is 0 Å². The minimum absolute atomic E-state index is 0.150. The molecule has 1 fully saturated rings. The van der Waals surface area contributed by atoms with Gasteiger partial charge in [-0.2, -0.15) is 5.10 Å². The minimum Gasteiger partial charge on any atom is -0.349 e. The zero-order chi connectivity index (χ0) is 17.3. The van der Waals surface area contributed by atoms with Crippen LogP contribution in [0, 0.1) is 17.2 Å². The molecule has 2 unspecified atom stereocenters. The molecule has 24 heavy (non-hydrogen) atoms. The fourth-order valence-corrected chi connectivity index (χ4v) is 3.48. The van der Waals surface area contributed by atoms with E-state index in [1.165, 1.54) is 18.3 Å². The third kappa shape index (κ3) is 3.50. The number of aromatic amines is 1. The SMILES string of the molecule is CC(C)(C)C1CCC(NC(=O)c2cn[nH]c2-c2cccc(F)c2)C1. The van der Waals surface area contributed by atoms with Crippen molar-refractivity contribution >= 4 is 5.91 Å². The number of carbonyl (C=O) groups is 1. The van der Waals surface area contributed by atoms with Gasteiger partial charge in [0.15, 0.2) is 0 Å². The van der Waals surface area contributed by atoms with Gasteiger partial charge in [-0.3, -0.25) is 9.89 Å². The van der Waals surface area contributed by atoms with Crippen LogP contribution in [0.4, 0.5) is 4.39 Å². The lowest BCUT2D eigenvalue weighted by atomic mass is 9.80. The molecule has 1 aromatic carbocycles. The minimum atomic E-state index is -0.336. The Morgan fingerprint density at radius 2 is 2.12 bits per heavy atom. The number of benzene rings is 1. The summed E-state index contributed by atoms with van der Waals surface area (Å²) < 4.78 is 13.4. The van der Waals surface area contributed by atoms with Gasteiger partial charge in [0.25, 0.3) is 5.91 Å².